The molecule has 0 saturated heterocycles. The number of nitrogens with zero attached hydrogens (tertiary/aromatic N) is 2. The monoisotopic (exact) mass is 692 g/mol. The lowest BCUT2D eigenvalue weighted by Gasteiger charge is -2.61. The highest BCUT2D eigenvalue weighted by Crippen LogP contribution is 2.69. The van der Waals surface area contributed by atoms with Crippen LogP contribution in [0.25, 0.3) is 67.0 Å². The largest absolute Gasteiger partial charge is 0.248 e. The number of hydrogen-bond donors (Lipinski definition) is 0. The van der Waals surface area contributed by atoms with E-state index in [-0.39, 0.29) is 5.41 Å². The van der Waals surface area contributed by atoms with Crippen molar-refractivity contribution < 1.29 is 0 Å². The number of aromatic nitrogens is 1. The van der Waals surface area contributed by atoms with Crippen molar-refractivity contribution in [1.29, 1.82) is 5.26 Å². The summed E-state index contributed by atoms with van der Waals surface area (Å²) in [5.41, 5.74) is 17.7. The predicted molar refractivity (Wildman–Crippen MR) is 219 cm³/mol. The molecule has 5 aliphatic rings. The SMILES string of the molecule is N#Cc1cccc2c1-c1ccc(-c3cccc(-c4cccc(-c5cc(-c6ccccc6)nc(-c6ccccc6)c5)c4)c3)cc1C21C2CC3CC(C2)CC1C3. The molecule has 0 unspecified atom stereocenters. The summed E-state index contributed by atoms with van der Waals surface area (Å²) in [6.45, 7) is 0. The second kappa shape index (κ2) is 12.3. The Balaban J connectivity index is 0.999. The van der Waals surface area contributed by atoms with E-state index in [1.807, 2.05) is 6.07 Å². The Bertz CT molecular complexity index is 2540. The van der Waals surface area contributed by atoms with Crippen molar-refractivity contribution in [2.24, 2.45) is 23.7 Å². The van der Waals surface area contributed by atoms with E-state index in [2.05, 4.69) is 158 Å². The third kappa shape index (κ3) is 4.81. The summed E-state index contributed by atoms with van der Waals surface area (Å²) >= 11 is 0. The van der Waals surface area contributed by atoms with Gasteiger partial charge in [0.1, 0.15) is 0 Å². The molecule has 0 atom stereocenters. The molecule has 1 aromatic heterocycles. The predicted octanol–water partition coefficient (Wildman–Crippen LogP) is 13.0. The van der Waals surface area contributed by atoms with Crippen LogP contribution in [0.3, 0.4) is 0 Å². The van der Waals surface area contributed by atoms with Gasteiger partial charge in [-0.05, 0) is 142 Å². The van der Waals surface area contributed by atoms with E-state index < -0.39 is 0 Å². The van der Waals surface area contributed by atoms with Gasteiger partial charge in [0.15, 0.2) is 0 Å². The summed E-state index contributed by atoms with van der Waals surface area (Å²) in [5.74, 6) is 3.07. The molecule has 1 spiro atoms. The van der Waals surface area contributed by atoms with Crippen LogP contribution in [-0.2, 0) is 5.41 Å². The van der Waals surface area contributed by atoms with Gasteiger partial charge < -0.3 is 0 Å². The molecule has 2 heteroatoms. The van der Waals surface area contributed by atoms with Crippen molar-refractivity contribution >= 4 is 0 Å². The first-order chi connectivity index (χ1) is 26.7. The minimum atomic E-state index is 0.0225. The Morgan fingerprint density at radius 3 is 1.50 bits per heavy atom. The van der Waals surface area contributed by atoms with Gasteiger partial charge in [-0.1, -0.05) is 121 Å². The van der Waals surface area contributed by atoms with E-state index in [0.717, 1.165) is 45.5 Å². The highest BCUT2D eigenvalue weighted by molar-refractivity contribution is 5.88. The van der Waals surface area contributed by atoms with Crippen LogP contribution in [0.5, 0.6) is 0 Å². The number of nitriles is 1. The zero-order valence-corrected chi connectivity index (χ0v) is 30.3. The average molecular weight is 693 g/mol. The van der Waals surface area contributed by atoms with Crippen LogP contribution in [0.2, 0.25) is 0 Å². The van der Waals surface area contributed by atoms with Gasteiger partial charge in [-0.2, -0.15) is 5.26 Å². The van der Waals surface area contributed by atoms with E-state index >= 15 is 0 Å². The molecular formula is C52H40N2. The van der Waals surface area contributed by atoms with Gasteiger partial charge in [0, 0.05) is 22.1 Å². The minimum absolute atomic E-state index is 0.0225. The van der Waals surface area contributed by atoms with Crippen LogP contribution in [0.1, 0.15) is 48.8 Å². The van der Waals surface area contributed by atoms with E-state index in [0.29, 0.717) is 11.8 Å². The summed E-state index contributed by atoms with van der Waals surface area (Å²) < 4.78 is 0. The zero-order chi connectivity index (χ0) is 35.8. The standard InChI is InChI=1S/C52H40N2/c53-32-42-18-9-19-47-51(42)46-21-20-41(29-48(46)52(47)44-23-33-22-34(25-44)26-45(52)24-33)39-16-7-14-37(27-39)38-15-8-17-40(28-38)43-30-49(35-10-3-1-4-11-35)54-50(31-43)36-12-5-2-6-13-36/h1-21,27-31,33-34,44-45H,22-26H2. The van der Waals surface area contributed by atoms with Crippen LogP contribution >= 0.6 is 0 Å². The lowest BCUT2D eigenvalue weighted by molar-refractivity contribution is -0.0399. The Morgan fingerprint density at radius 1 is 0.444 bits per heavy atom. The summed E-state index contributed by atoms with van der Waals surface area (Å²) in [4.78, 5) is 5.11. The first kappa shape index (κ1) is 31.5. The lowest BCUT2D eigenvalue weighted by atomic mass is 9.43. The second-order valence-corrected chi connectivity index (χ2v) is 16.3. The number of rotatable bonds is 5. The number of pyridine rings is 1. The van der Waals surface area contributed by atoms with Crippen molar-refractivity contribution in [3.8, 4) is 73.1 Å². The van der Waals surface area contributed by atoms with Crippen LogP contribution in [0, 0.1) is 35.0 Å². The minimum Gasteiger partial charge on any atom is -0.248 e. The normalized spacial score (nSPS) is 22.9. The third-order valence-corrected chi connectivity index (χ3v) is 13.5. The highest BCUT2D eigenvalue weighted by atomic mass is 14.7. The number of hydrogen-bond acceptors (Lipinski definition) is 2. The molecule has 6 aromatic carbocycles. The molecule has 1 heterocycles. The van der Waals surface area contributed by atoms with Crippen molar-refractivity contribution in [3.63, 3.8) is 0 Å². The van der Waals surface area contributed by atoms with Crippen LogP contribution in [-0.4, -0.2) is 4.98 Å². The molecule has 0 radical (unpaired) electrons. The fraction of sp³-hybridized carbons (Fsp3) is 0.192. The molecule has 5 aliphatic carbocycles. The van der Waals surface area contributed by atoms with Crippen molar-refractivity contribution in [1.82, 2.24) is 4.98 Å². The van der Waals surface area contributed by atoms with Crippen LogP contribution in [0.4, 0.5) is 0 Å². The molecule has 0 aliphatic heterocycles. The first-order valence-electron chi connectivity index (χ1n) is 19.7. The molecule has 4 bridgehead atoms. The summed E-state index contributed by atoms with van der Waals surface area (Å²) in [6.07, 6.45) is 6.75. The lowest BCUT2D eigenvalue weighted by Crippen LogP contribution is -2.55. The van der Waals surface area contributed by atoms with E-state index in [4.69, 9.17) is 4.98 Å². The Morgan fingerprint density at radius 2 is 0.944 bits per heavy atom. The molecule has 7 aromatic rings. The third-order valence-electron chi connectivity index (χ3n) is 13.5. The molecule has 0 amide bonds. The van der Waals surface area contributed by atoms with Crippen molar-refractivity contribution in [3.05, 3.63) is 174 Å². The maximum absolute atomic E-state index is 10.3. The summed E-state index contributed by atoms with van der Waals surface area (Å²) in [5, 5.41) is 10.3. The van der Waals surface area contributed by atoms with E-state index in [9.17, 15) is 5.26 Å². The Labute approximate surface area is 317 Å². The highest BCUT2D eigenvalue weighted by Gasteiger charge is 2.61. The molecule has 258 valence electrons. The maximum Gasteiger partial charge on any atom is 0.0998 e. The fourth-order valence-corrected chi connectivity index (χ4v) is 11.5. The average Bonchev–Trinajstić information content (AvgIpc) is 3.53. The van der Waals surface area contributed by atoms with Crippen LogP contribution < -0.4 is 0 Å². The summed E-state index contributed by atoms with van der Waals surface area (Å²) in [6, 6.07) is 59.7. The van der Waals surface area contributed by atoms with Gasteiger partial charge in [-0.15, -0.1) is 0 Å². The van der Waals surface area contributed by atoms with Crippen LogP contribution in [0.15, 0.2) is 158 Å². The van der Waals surface area contributed by atoms with Gasteiger partial charge in [-0.3, -0.25) is 0 Å². The molecule has 4 saturated carbocycles. The first-order valence-corrected chi connectivity index (χ1v) is 19.7. The fourth-order valence-electron chi connectivity index (χ4n) is 11.5. The zero-order valence-electron chi connectivity index (χ0n) is 30.3. The van der Waals surface area contributed by atoms with Gasteiger partial charge in [0.25, 0.3) is 0 Å². The second-order valence-electron chi connectivity index (χ2n) is 16.3. The molecule has 54 heavy (non-hydrogen) atoms. The molecule has 4 fully saturated rings. The van der Waals surface area contributed by atoms with Gasteiger partial charge >= 0.3 is 0 Å². The Hall–Kier alpha value is -6.04. The molecule has 12 rings (SSSR count). The summed E-state index contributed by atoms with van der Waals surface area (Å²) in [7, 11) is 0. The maximum atomic E-state index is 10.3. The number of fused-ring (bicyclic) bond motifs is 3. The van der Waals surface area contributed by atoms with E-state index in [1.54, 1.807) is 0 Å². The molecular weight excluding hydrogens is 653 g/mol. The van der Waals surface area contributed by atoms with E-state index in [1.165, 1.54) is 82.2 Å². The molecule has 0 N–H and O–H groups in total. The quantitative estimate of drug-likeness (QED) is 0.180. The smallest absolute Gasteiger partial charge is 0.0998 e. The van der Waals surface area contributed by atoms with Gasteiger partial charge in [0.2, 0.25) is 0 Å². The number of benzene rings is 6. The van der Waals surface area contributed by atoms with Crippen molar-refractivity contribution in [2.45, 2.75) is 37.5 Å². The van der Waals surface area contributed by atoms with Gasteiger partial charge in [-0.25, -0.2) is 4.98 Å². The Kier molecular flexibility index (Phi) is 7.15. The van der Waals surface area contributed by atoms with Gasteiger partial charge in [0.05, 0.1) is 23.0 Å². The molecule has 2 nitrogen and oxygen atoms in total. The topological polar surface area (TPSA) is 36.7 Å². The van der Waals surface area contributed by atoms with Crippen molar-refractivity contribution in [2.75, 3.05) is 0 Å².